The van der Waals surface area contributed by atoms with Gasteiger partial charge in [0.1, 0.15) is 0 Å². The summed E-state index contributed by atoms with van der Waals surface area (Å²) in [6.45, 7) is 0. The van der Waals surface area contributed by atoms with Crippen LogP contribution in [0.25, 0.3) is 0 Å². The van der Waals surface area contributed by atoms with E-state index in [0.717, 1.165) is 0 Å². The Hall–Kier alpha value is -1.47. The quantitative estimate of drug-likeness (QED) is 0.383. The molecule has 1 aliphatic carbocycles. The van der Waals surface area contributed by atoms with Gasteiger partial charge in [0.2, 0.25) is 0 Å². The Morgan fingerprint density at radius 2 is 1.34 bits per heavy atom. The van der Waals surface area contributed by atoms with Gasteiger partial charge in [0.05, 0.1) is 0 Å². The van der Waals surface area contributed by atoms with Gasteiger partial charge in [-0.25, -0.2) is 0 Å². The fraction of sp³-hybridized carbons (Fsp3) is 0.308. The highest BCUT2D eigenvalue weighted by molar-refractivity contribution is 9.10. The van der Waals surface area contributed by atoms with Crippen LogP contribution in [0.4, 0.5) is 0 Å². The van der Waals surface area contributed by atoms with Crippen LogP contribution in [0.15, 0.2) is 89.4 Å². The molecule has 1 nitrogen and oxygen atoms in total. The summed E-state index contributed by atoms with van der Waals surface area (Å²) in [5, 5.41) is 3.02. The largest absolute Gasteiger partial charge is 0.302 e. The van der Waals surface area contributed by atoms with Crippen LogP contribution < -0.4 is 10.6 Å². The van der Waals surface area contributed by atoms with E-state index in [1.807, 2.05) is 0 Å². The van der Waals surface area contributed by atoms with E-state index in [4.69, 9.17) is 0 Å². The van der Waals surface area contributed by atoms with Gasteiger partial charge in [-0.2, -0.15) is 0 Å². The summed E-state index contributed by atoms with van der Waals surface area (Å²) in [5.41, 5.74) is 2.11. The van der Waals surface area contributed by atoms with E-state index in [2.05, 4.69) is 120 Å². The Bertz CT molecular complexity index is 873. The third-order valence-electron chi connectivity index (χ3n) is 6.12. The van der Waals surface area contributed by atoms with Gasteiger partial charge in [0.15, 0.2) is 0 Å². The molecule has 2 unspecified atom stereocenters. The van der Waals surface area contributed by atoms with Crippen LogP contribution in [0.1, 0.15) is 30.9 Å². The molecule has 0 aromatic heterocycles. The molecule has 3 heteroatoms. The fourth-order valence-electron chi connectivity index (χ4n) is 4.97. The first kappa shape index (κ1) is 20.8. The molecular weight excluding hydrogens is 437 g/mol. The lowest BCUT2D eigenvalue weighted by atomic mass is 9.90. The summed E-state index contributed by atoms with van der Waals surface area (Å²) in [5.74, 6) is 0.648. The smallest absolute Gasteiger partial charge is 0.0387 e. The maximum Gasteiger partial charge on any atom is 0.0387 e. The van der Waals surface area contributed by atoms with E-state index in [1.54, 1.807) is 0 Å². The molecule has 0 saturated heterocycles. The van der Waals surface area contributed by atoms with Crippen molar-refractivity contribution >= 4 is 34.5 Å². The SMILES string of the molecule is CN(C)[C@H](c1ccccc1Br)C1CCCC1P(c1ccccc1)c1ccccc1. The van der Waals surface area contributed by atoms with Crippen molar-refractivity contribution in [2.24, 2.45) is 5.92 Å². The monoisotopic (exact) mass is 465 g/mol. The van der Waals surface area contributed by atoms with Gasteiger partial charge < -0.3 is 4.90 Å². The first-order chi connectivity index (χ1) is 14.2. The fourth-order valence-corrected chi connectivity index (χ4v) is 8.68. The second-order valence-electron chi connectivity index (χ2n) is 8.13. The van der Waals surface area contributed by atoms with Crippen molar-refractivity contribution in [2.75, 3.05) is 14.1 Å². The number of rotatable bonds is 6. The summed E-state index contributed by atoms with van der Waals surface area (Å²) >= 11 is 3.84. The molecule has 3 aromatic rings. The molecule has 3 aromatic carbocycles. The molecule has 29 heavy (non-hydrogen) atoms. The predicted molar refractivity (Wildman–Crippen MR) is 131 cm³/mol. The van der Waals surface area contributed by atoms with Crippen LogP contribution >= 0.6 is 23.9 Å². The third kappa shape index (κ3) is 4.50. The van der Waals surface area contributed by atoms with Crippen LogP contribution in [-0.4, -0.2) is 24.7 Å². The maximum absolute atomic E-state index is 3.84. The molecule has 1 saturated carbocycles. The van der Waals surface area contributed by atoms with Crippen molar-refractivity contribution in [2.45, 2.75) is 31.0 Å². The van der Waals surface area contributed by atoms with Gasteiger partial charge in [-0.3, -0.25) is 0 Å². The predicted octanol–water partition coefficient (Wildman–Crippen LogP) is 6.35. The van der Waals surface area contributed by atoms with Gasteiger partial charge in [-0.05, 0) is 68.7 Å². The molecule has 0 heterocycles. The summed E-state index contributed by atoms with van der Waals surface area (Å²) in [6, 6.07) is 31.7. The normalized spacial score (nSPS) is 20.3. The molecule has 1 fully saturated rings. The van der Waals surface area contributed by atoms with Crippen molar-refractivity contribution in [3.63, 3.8) is 0 Å². The van der Waals surface area contributed by atoms with Crippen LogP contribution in [0.2, 0.25) is 0 Å². The minimum absolute atomic E-state index is 0.391. The molecule has 4 rings (SSSR count). The Labute approximate surface area is 185 Å². The topological polar surface area (TPSA) is 3.24 Å². The highest BCUT2D eigenvalue weighted by Crippen LogP contribution is 2.54. The third-order valence-corrected chi connectivity index (χ3v) is 9.85. The molecule has 0 aliphatic heterocycles. The molecular formula is C26H29BrNP. The van der Waals surface area contributed by atoms with Gasteiger partial charge in [-0.15, -0.1) is 0 Å². The molecule has 0 spiro atoms. The van der Waals surface area contributed by atoms with Crippen molar-refractivity contribution in [1.82, 2.24) is 4.90 Å². The lowest BCUT2D eigenvalue weighted by Crippen LogP contribution is -2.34. The van der Waals surface area contributed by atoms with Gasteiger partial charge >= 0.3 is 0 Å². The van der Waals surface area contributed by atoms with Crippen LogP contribution in [0.5, 0.6) is 0 Å². The maximum atomic E-state index is 3.84. The molecule has 0 radical (unpaired) electrons. The summed E-state index contributed by atoms with van der Waals surface area (Å²) in [7, 11) is 4.10. The number of hydrogen-bond acceptors (Lipinski definition) is 1. The average Bonchev–Trinajstić information content (AvgIpc) is 3.20. The second-order valence-corrected chi connectivity index (χ2v) is 11.4. The molecule has 1 aliphatic rings. The average molecular weight is 466 g/mol. The molecule has 3 atom stereocenters. The zero-order valence-corrected chi connectivity index (χ0v) is 19.7. The molecule has 0 bridgehead atoms. The molecule has 0 amide bonds. The number of halogens is 1. The summed E-state index contributed by atoms with van der Waals surface area (Å²) in [6.07, 6.45) is 3.94. The van der Waals surface area contributed by atoms with Crippen molar-refractivity contribution in [3.8, 4) is 0 Å². The lowest BCUT2D eigenvalue weighted by Gasteiger charge is -2.38. The lowest BCUT2D eigenvalue weighted by molar-refractivity contribution is 0.216. The summed E-state index contributed by atoms with van der Waals surface area (Å²) in [4.78, 5) is 2.44. The van der Waals surface area contributed by atoms with E-state index in [0.29, 0.717) is 17.6 Å². The van der Waals surface area contributed by atoms with Gasteiger partial charge in [0, 0.05) is 10.5 Å². The Balaban J connectivity index is 1.77. The zero-order valence-electron chi connectivity index (χ0n) is 17.2. The zero-order chi connectivity index (χ0) is 20.2. The van der Waals surface area contributed by atoms with Crippen molar-refractivity contribution < 1.29 is 0 Å². The minimum atomic E-state index is -0.391. The van der Waals surface area contributed by atoms with E-state index >= 15 is 0 Å². The standard InChI is InChI=1S/C26H29BrNP/c1-28(2)26(22-16-9-10-18-24(22)27)23-17-11-19-25(23)29(20-12-5-3-6-13-20)21-14-7-4-8-15-21/h3-10,12-16,18,23,25-26H,11,17,19H2,1-2H3/t23?,25?,26-/m1/s1. The van der Waals surface area contributed by atoms with Crippen molar-refractivity contribution in [1.29, 1.82) is 0 Å². The Kier molecular flexibility index (Phi) is 6.85. The van der Waals surface area contributed by atoms with Crippen LogP contribution in [0, 0.1) is 5.92 Å². The molecule has 0 N–H and O–H groups in total. The first-order valence-electron chi connectivity index (χ1n) is 10.5. The first-order valence-corrected chi connectivity index (χ1v) is 12.7. The van der Waals surface area contributed by atoms with E-state index in [1.165, 1.54) is 39.9 Å². The van der Waals surface area contributed by atoms with E-state index in [9.17, 15) is 0 Å². The highest BCUT2D eigenvalue weighted by Gasteiger charge is 2.41. The second kappa shape index (κ2) is 9.56. The summed E-state index contributed by atoms with van der Waals surface area (Å²) < 4.78 is 1.23. The van der Waals surface area contributed by atoms with Crippen molar-refractivity contribution in [3.05, 3.63) is 95.0 Å². The highest BCUT2D eigenvalue weighted by atomic mass is 79.9. The van der Waals surface area contributed by atoms with Crippen LogP contribution in [-0.2, 0) is 0 Å². The van der Waals surface area contributed by atoms with Gasteiger partial charge in [-0.1, -0.05) is 101 Å². The van der Waals surface area contributed by atoms with E-state index < -0.39 is 7.92 Å². The van der Waals surface area contributed by atoms with Crippen LogP contribution in [0.3, 0.4) is 0 Å². The minimum Gasteiger partial charge on any atom is -0.302 e. The van der Waals surface area contributed by atoms with Gasteiger partial charge in [0.25, 0.3) is 0 Å². The number of benzene rings is 3. The Morgan fingerprint density at radius 1 is 0.793 bits per heavy atom. The Morgan fingerprint density at radius 3 is 1.90 bits per heavy atom. The molecule has 150 valence electrons. The number of hydrogen-bond donors (Lipinski definition) is 0. The van der Waals surface area contributed by atoms with E-state index in [-0.39, 0.29) is 0 Å². The number of nitrogens with zero attached hydrogens (tertiary/aromatic N) is 1.